The Morgan fingerprint density at radius 3 is 2.25 bits per heavy atom. The van der Waals surface area contributed by atoms with Crippen molar-refractivity contribution in [2.45, 2.75) is 6.92 Å². The third kappa shape index (κ3) is 1.72. The predicted molar refractivity (Wildman–Crippen MR) is 52.0 cm³/mol. The molecular formula is C9H11BrO2. The minimum Gasteiger partial charge on any atom is -0.497 e. The van der Waals surface area contributed by atoms with Crippen LogP contribution in [0.2, 0.25) is 0 Å². The third-order valence-corrected chi connectivity index (χ3v) is 2.23. The molecule has 0 bridgehead atoms. The second-order valence-electron chi connectivity index (χ2n) is 2.46. The first kappa shape index (κ1) is 9.39. The van der Waals surface area contributed by atoms with Crippen molar-refractivity contribution in [1.29, 1.82) is 0 Å². The van der Waals surface area contributed by atoms with Crippen molar-refractivity contribution in [2.75, 3.05) is 14.2 Å². The molecule has 66 valence electrons. The van der Waals surface area contributed by atoms with Crippen molar-refractivity contribution in [2.24, 2.45) is 0 Å². The molecule has 0 aliphatic rings. The molecule has 0 unspecified atom stereocenters. The van der Waals surface area contributed by atoms with E-state index in [1.54, 1.807) is 14.2 Å². The topological polar surface area (TPSA) is 18.5 Å². The summed E-state index contributed by atoms with van der Waals surface area (Å²) in [4.78, 5) is 0. The minimum atomic E-state index is 0.833. The fourth-order valence-corrected chi connectivity index (χ4v) is 1.78. The molecule has 12 heavy (non-hydrogen) atoms. The summed E-state index contributed by atoms with van der Waals surface area (Å²) in [6.45, 7) is 1.98. The van der Waals surface area contributed by atoms with E-state index in [4.69, 9.17) is 9.47 Å². The zero-order chi connectivity index (χ0) is 9.14. The lowest BCUT2D eigenvalue weighted by Gasteiger charge is -2.08. The van der Waals surface area contributed by atoms with Gasteiger partial charge in [0.1, 0.15) is 11.5 Å². The molecular weight excluding hydrogens is 220 g/mol. The molecule has 0 heterocycles. The maximum Gasteiger partial charge on any atom is 0.136 e. The van der Waals surface area contributed by atoms with Gasteiger partial charge in [0.2, 0.25) is 0 Å². The summed E-state index contributed by atoms with van der Waals surface area (Å²) in [6, 6.07) is 3.81. The van der Waals surface area contributed by atoms with Crippen LogP contribution in [0.1, 0.15) is 5.56 Å². The molecule has 1 aromatic carbocycles. The van der Waals surface area contributed by atoms with E-state index >= 15 is 0 Å². The van der Waals surface area contributed by atoms with E-state index in [9.17, 15) is 0 Å². The second kappa shape index (κ2) is 3.81. The highest BCUT2D eigenvalue weighted by Crippen LogP contribution is 2.32. The first-order valence-corrected chi connectivity index (χ1v) is 4.36. The van der Waals surface area contributed by atoms with E-state index < -0.39 is 0 Å². The maximum atomic E-state index is 5.17. The summed E-state index contributed by atoms with van der Waals surface area (Å²) in [5.74, 6) is 1.69. The van der Waals surface area contributed by atoms with Crippen LogP contribution in [0.15, 0.2) is 16.6 Å². The molecule has 0 aliphatic heterocycles. The summed E-state index contributed by atoms with van der Waals surface area (Å²) < 4.78 is 11.2. The first-order chi connectivity index (χ1) is 5.69. The molecule has 0 fully saturated rings. The van der Waals surface area contributed by atoms with E-state index in [1.807, 2.05) is 19.1 Å². The number of ether oxygens (including phenoxy) is 2. The molecule has 0 aliphatic carbocycles. The van der Waals surface area contributed by atoms with Crippen LogP contribution < -0.4 is 9.47 Å². The van der Waals surface area contributed by atoms with Crippen LogP contribution >= 0.6 is 15.9 Å². The molecule has 0 radical (unpaired) electrons. The fourth-order valence-electron chi connectivity index (χ4n) is 1.08. The van der Waals surface area contributed by atoms with Gasteiger partial charge < -0.3 is 9.47 Å². The molecule has 0 saturated carbocycles. The van der Waals surface area contributed by atoms with Gasteiger partial charge in [-0.3, -0.25) is 0 Å². The molecule has 0 spiro atoms. The fraction of sp³-hybridized carbons (Fsp3) is 0.333. The van der Waals surface area contributed by atoms with Crippen LogP contribution in [0, 0.1) is 6.92 Å². The van der Waals surface area contributed by atoms with Gasteiger partial charge in [0.15, 0.2) is 0 Å². The van der Waals surface area contributed by atoms with E-state index in [0.717, 1.165) is 21.5 Å². The van der Waals surface area contributed by atoms with Gasteiger partial charge in [0, 0.05) is 0 Å². The molecule has 0 amide bonds. The molecule has 1 aromatic rings. The Hall–Kier alpha value is -0.700. The van der Waals surface area contributed by atoms with Gasteiger partial charge in [0.05, 0.1) is 18.7 Å². The van der Waals surface area contributed by atoms with E-state index in [0.29, 0.717) is 0 Å². The van der Waals surface area contributed by atoms with E-state index in [1.165, 1.54) is 0 Å². The highest BCUT2D eigenvalue weighted by molar-refractivity contribution is 9.10. The van der Waals surface area contributed by atoms with Gasteiger partial charge in [-0.1, -0.05) is 0 Å². The average molecular weight is 231 g/mol. The number of halogens is 1. The normalized spacial score (nSPS) is 9.67. The van der Waals surface area contributed by atoms with Gasteiger partial charge in [0.25, 0.3) is 0 Å². The van der Waals surface area contributed by atoms with Crippen LogP contribution in [0.3, 0.4) is 0 Å². The molecule has 0 aromatic heterocycles. The number of aryl methyl sites for hydroxylation is 1. The number of benzene rings is 1. The average Bonchev–Trinajstić information content (AvgIpc) is 2.03. The maximum absolute atomic E-state index is 5.17. The second-order valence-corrected chi connectivity index (χ2v) is 3.31. The predicted octanol–water partition coefficient (Wildman–Crippen LogP) is 2.77. The zero-order valence-electron chi connectivity index (χ0n) is 7.35. The molecule has 0 saturated heterocycles. The van der Waals surface area contributed by atoms with Crippen LogP contribution in [-0.2, 0) is 0 Å². The molecule has 1 rings (SSSR count). The SMILES string of the molecule is COc1cc(C)c(OC)c(Br)c1. The lowest BCUT2D eigenvalue weighted by Crippen LogP contribution is -1.90. The van der Waals surface area contributed by atoms with Crippen molar-refractivity contribution < 1.29 is 9.47 Å². The number of hydrogen-bond donors (Lipinski definition) is 0. The molecule has 0 atom stereocenters. The molecule has 3 heteroatoms. The largest absolute Gasteiger partial charge is 0.497 e. The molecule has 0 N–H and O–H groups in total. The first-order valence-electron chi connectivity index (χ1n) is 3.57. The monoisotopic (exact) mass is 230 g/mol. The van der Waals surface area contributed by atoms with E-state index in [-0.39, 0.29) is 0 Å². The highest BCUT2D eigenvalue weighted by Gasteiger charge is 2.05. The smallest absolute Gasteiger partial charge is 0.136 e. The Kier molecular flexibility index (Phi) is 2.98. The van der Waals surface area contributed by atoms with Gasteiger partial charge in [-0.15, -0.1) is 0 Å². The Morgan fingerprint density at radius 1 is 1.17 bits per heavy atom. The van der Waals surface area contributed by atoms with Crippen LogP contribution in [0.5, 0.6) is 11.5 Å². The summed E-state index contributed by atoms with van der Waals surface area (Å²) >= 11 is 3.39. The summed E-state index contributed by atoms with van der Waals surface area (Å²) in [5, 5.41) is 0. The quantitative estimate of drug-likeness (QED) is 0.779. The summed E-state index contributed by atoms with van der Waals surface area (Å²) in [7, 11) is 3.30. The van der Waals surface area contributed by atoms with Crippen molar-refractivity contribution >= 4 is 15.9 Å². The van der Waals surface area contributed by atoms with Crippen LogP contribution in [0.25, 0.3) is 0 Å². The Bertz CT molecular complexity index is 261. The van der Waals surface area contributed by atoms with Crippen molar-refractivity contribution in [3.05, 3.63) is 22.2 Å². The van der Waals surface area contributed by atoms with Gasteiger partial charge in [-0.2, -0.15) is 0 Å². The minimum absolute atomic E-state index is 0.833. The molecule has 2 nitrogen and oxygen atoms in total. The van der Waals surface area contributed by atoms with Gasteiger partial charge in [-0.25, -0.2) is 0 Å². The number of methoxy groups -OCH3 is 2. The van der Waals surface area contributed by atoms with Crippen molar-refractivity contribution in [3.8, 4) is 11.5 Å². The summed E-state index contributed by atoms with van der Waals surface area (Å²) in [5.41, 5.74) is 1.06. The Labute approximate surface area is 80.6 Å². The zero-order valence-corrected chi connectivity index (χ0v) is 8.94. The summed E-state index contributed by atoms with van der Waals surface area (Å²) in [6.07, 6.45) is 0. The van der Waals surface area contributed by atoms with Crippen molar-refractivity contribution in [3.63, 3.8) is 0 Å². The van der Waals surface area contributed by atoms with Crippen LogP contribution in [-0.4, -0.2) is 14.2 Å². The number of hydrogen-bond acceptors (Lipinski definition) is 2. The standard InChI is InChI=1S/C9H11BrO2/c1-6-4-7(11-2)5-8(10)9(6)12-3/h4-5H,1-3H3. The highest BCUT2D eigenvalue weighted by atomic mass is 79.9. The third-order valence-electron chi connectivity index (χ3n) is 1.64. The van der Waals surface area contributed by atoms with E-state index in [2.05, 4.69) is 15.9 Å². The lowest BCUT2D eigenvalue weighted by molar-refractivity contribution is 0.398. The van der Waals surface area contributed by atoms with Gasteiger partial charge >= 0.3 is 0 Å². The van der Waals surface area contributed by atoms with Crippen molar-refractivity contribution in [1.82, 2.24) is 0 Å². The van der Waals surface area contributed by atoms with Crippen LogP contribution in [0.4, 0.5) is 0 Å². The number of rotatable bonds is 2. The van der Waals surface area contributed by atoms with Gasteiger partial charge in [-0.05, 0) is 40.5 Å². The lowest BCUT2D eigenvalue weighted by atomic mass is 10.2. The Balaban J connectivity index is 3.18. The Morgan fingerprint density at radius 2 is 1.83 bits per heavy atom.